The largest absolute Gasteiger partial charge is 0.507 e. The Bertz CT molecular complexity index is 1080. The minimum absolute atomic E-state index is 0.0655. The summed E-state index contributed by atoms with van der Waals surface area (Å²) in [5.41, 5.74) is 3.03. The standard InChI is InChI=1S/C23H19N3O3/c1-15-6-8-17(9-7-15)21(27)19-20(18-5-3-11-25-13-18)26(23(29)22(19)28)14-16-4-2-10-24-12-16/h2-13,20,27H,14H2,1H3/b21-19-. The normalized spacial score (nSPS) is 18.2. The van der Waals surface area contributed by atoms with Crippen LogP contribution in [0.2, 0.25) is 0 Å². The van der Waals surface area contributed by atoms with Gasteiger partial charge in [0.15, 0.2) is 0 Å². The summed E-state index contributed by atoms with van der Waals surface area (Å²) in [6.45, 7) is 2.13. The zero-order chi connectivity index (χ0) is 20.4. The van der Waals surface area contributed by atoms with E-state index in [4.69, 9.17) is 0 Å². The Morgan fingerprint density at radius 2 is 1.69 bits per heavy atom. The van der Waals surface area contributed by atoms with Gasteiger partial charge in [-0.05, 0) is 30.2 Å². The first-order chi connectivity index (χ1) is 14.1. The molecule has 1 N–H and O–H groups in total. The van der Waals surface area contributed by atoms with Crippen LogP contribution in [0.3, 0.4) is 0 Å². The van der Waals surface area contributed by atoms with E-state index >= 15 is 0 Å². The fourth-order valence-electron chi connectivity index (χ4n) is 3.48. The number of nitrogens with zero attached hydrogens (tertiary/aromatic N) is 3. The lowest BCUT2D eigenvalue weighted by Crippen LogP contribution is -2.29. The van der Waals surface area contributed by atoms with Crippen molar-refractivity contribution < 1.29 is 14.7 Å². The first kappa shape index (κ1) is 18.6. The van der Waals surface area contributed by atoms with Crippen molar-refractivity contribution in [1.29, 1.82) is 0 Å². The first-order valence-electron chi connectivity index (χ1n) is 9.20. The van der Waals surface area contributed by atoms with Gasteiger partial charge < -0.3 is 10.0 Å². The predicted octanol–water partition coefficient (Wildman–Crippen LogP) is 3.41. The molecule has 1 amide bonds. The van der Waals surface area contributed by atoms with Crippen molar-refractivity contribution in [3.63, 3.8) is 0 Å². The quantitative estimate of drug-likeness (QED) is 0.423. The molecule has 6 heteroatoms. The van der Waals surface area contributed by atoms with Crippen molar-refractivity contribution in [1.82, 2.24) is 14.9 Å². The van der Waals surface area contributed by atoms with Crippen LogP contribution in [-0.2, 0) is 16.1 Å². The molecule has 0 aliphatic carbocycles. The van der Waals surface area contributed by atoms with Crippen molar-refractivity contribution in [2.45, 2.75) is 19.5 Å². The highest BCUT2D eigenvalue weighted by atomic mass is 16.3. The smallest absolute Gasteiger partial charge is 0.295 e. The maximum atomic E-state index is 12.9. The Kier molecular flexibility index (Phi) is 4.91. The van der Waals surface area contributed by atoms with Crippen LogP contribution in [0.5, 0.6) is 0 Å². The first-order valence-corrected chi connectivity index (χ1v) is 9.20. The molecule has 0 radical (unpaired) electrons. The van der Waals surface area contributed by atoms with Gasteiger partial charge in [-0.25, -0.2) is 0 Å². The lowest BCUT2D eigenvalue weighted by atomic mass is 9.96. The highest BCUT2D eigenvalue weighted by molar-refractivity contribution is 6.46. The Hall–Kier alpha value is -3.80. The summed E-state index contributed by atoms with van der Waals surface area (Å²) in [7, 11) is 0. The molecule has 29 heavy (non-hydrogen) atoms. The number of pyridine rings is 2. The molecule has 1 aliphatic rings. The van der Waals surface area contributed by atoms with Gasteiger partial charge in [-0.15, -0.1) is 0 Å². The highest BCUT2D eigenvalue weighted by Crippen LogP contribution is 2.39. The van der Waals surface area contributed by atoms with Crippen molar-refractivity contribution >= 4 is 17.4 Å². The maximum Gasteiger partial charge on any atom is 0.295 e. The third kappa shape index (κ3) is 3.52. The Balaban J connectivity index is 1.85. The van der Waals surface area contributed by atoms with Crippen molar-refractivity contribution in [3.05, 3.63) is 101 Å². The summed E-state index contributed by atoms with van der Waals surface area (Å²) in [5, 5.41) is 11.0. The van der Waals surface area contributed by atoms with Crippen LogP contribution in [0.4, 0.5) is 0 Å². The predicted molar refractivity (Wildman–Crippen MR) is 107 cm³/mol. The van der Waals surface area contributed by atoms with E-state index in [0.717, 1.165) is 11.1 Å². The number of aliphatic hydroxyl groups is 1. The molecule has 3 aromatic rings. The number of Topliss-reactive ketones (excluding diaryl/α,β-unsaturated/α-hetero) is 1. The van der Waals surface area contributed by atoms with Gasteiger partial charge in [-0.1, -0.05) is 42.0 Å². The van der Waals surface area contributed by atoms with Crippen molar-refractivity contribution in [2.24, 2.45) is 0 Å². The molecule has 0 saturated carbocycles. The Morgan fingerprint density at radius 3 is 2.31 bits per heavy atom. The zero-order valence-electron chi connectivity index (χ0n) is 15.8. The molecular formula is C23H19N3O3. The van der Waals surface area contributed by atoms with E-state index in [1.165, 1.54) is 4.90 Å². The topological polar surface area (TPSA) is 83.4 Å². The van der Waals surface area contributed by atoms with E-state index in [2.05, 4.69) is 9.97 Å². The number of hydrogen-bond acceptors (Lipinski definition) is 5. The van der Waals surface area contributed by atoms with Crippen molar-refractivity contribution in [2.75, 3.05) is 0 Å². The number of aromatic nitrogens is 2. The summed E-state index contributed by atoms with van der Waals surface area (Å²) < 4.78 is 0. The number of amides is 1. The number of benzene rings is 1. The van der Waals surface area contributed by atoms with E-state index in [-0.39, 0.29) is 17.9 Å². The Morgan fingerprint density at radius 1 is 1.00 bits per heavy atom. The second-order valence-electron chi connectivity index (χ2n) is 6.94. The average molecular weight is 385 g/mol. The molecule has 0 spiro atoms. The van der Waals surface area contributed by atoms with Crippen LogP contribution in [-0.4, -0.2) is 31.7 Å². The van der Waals surface area contributed by atoms with Crippen LogP contribution in [0.15, 0.2) is 78.9 Å². The molecule has 144 valence electrons. The van der Waals surface area contributed by atoms with Gasteiger partial charge in [-0.2, -0.15) is 0 Å². The third-order valence-electron chi connectivity index (χ3n) is 4.94. The van der Waals surface area contributed by atoms with Gasteiger partial charge in [0.2, 0.25) is 0 Å². The zero-order valence-corrected chi connectivity index (χ0v) is 15.8. The summed E-state index contributed by atoms with van der Waals surface area (Å²) >= 11 is 0. The maximum absolute atomic E-state index is 12.9. The van der Waals surface area contributed by atoms with Crippen LogP contribution < -0.4 is 0 Å². The molecule has 0 bridgehead atoms. The lowest BCUT2D eigenvalue weighted by molar-refractivity contribution is -0.140. The number of carbonyl (C=O) groups is 2. The average Bonchev–Trinajstić information content (AvgIpc) is 3.00. The van der Waals surface area contributed by atoms with E-state index in [1.54, 1.807) is 55.1 Å². The third-order valence-corrected chi connectivity index (χ3v) is 4.94. The monoisotopic (exact) mass is 385 g/mol. The number of rotatable bonds is 4. The van der Waals surface area contributed by atoms with Gasteiger partial charge in [0.1, 0.15) is 5.76 Å². The minimum Gasteiger partial charge on any atom is -0.507 e. The molecule has 1 atom stereocenters. The molecule has 1 saturated heterocycles. The van der Waals surface area contributed by atoms with Gasteiger partial charge in [0.05, 0.1) is 11.6 Å². The lowest BCUT2D eigenvalue weighted by Gasteiger charge is -2.25. The summed E-state index contributed by atoms with van der Waals surface area (Å²) in [6, 6.07) is 13.6. The van der Waals surface area contributed by atoms with Crippen LogP contribution >= 0.6 is 0 Å². The number of carbonyl (C=O) groups excluding carboxylic acids is 2. The molecule has 4 rings (SSSR count). The van der Waals surface area contributed by atoms with Gasteiger partial charge in [0.25, 0.3) is 11.7 Å². The minimum atomic E-state index is -0.731. The number of likely N-dealkylation sites (tertiary alicyclic amines) is 1. The van der Waals surface area contributed by atoms with Crippen LogP contribution in [0.1, 0.15) is 28.3 Å². The van der Waals surface area contributed by atoms with Gasteiger partial charge in [0, 0.05) is 36.9 Å². The summed E-state index contributed by atoms with van der Waals surface area (Å²) in [4.78, 5) is 35.5. The van der Waals surface area contributed by atoms with Crippen LogP contribution in [0, 0.1) is 6.92 Å². The van der Waals surface area contributed by atoms with E-state index in [9.17, 15) is 14.7 Å². The van der Waals surface area contributed by atoms with E-state index < -0.39 is 17.7 Å². The molecule has 1 aromatic carbocycles. The van der Waals surface area contributed by atoms with Crippen LogP contribution in [0.25, 0.3) is 5.76 Å². The fraction of sp³-hybridized carbons (Fsp3) is 0.130. The second-order valence-corrected chi connectivity index (χ2v) is 6.94. The van der Waals surface area contributed by atoms with E-state index in [0.29, 0.717) is 11.1 Å². The van der Waals surface area contributed by atoms with E-state index in [1.807, 2.05) is 25.1 Å². The SMILES string of the molecule is Cc1ccc(/C(O)=C2/C(=O)C(=O)N(Cc3cccnc3)C2c2cccnc2)cc1. The second kappa shape index (κ2) is 7.67. The molecule has 1 unspecified atom stereocenters. The number of ketones is 1. The number of hydrogen-bond donors (Lipinski definition) is 1. The molecule has 1 aliphatic heterocycles. The molecule has 2 aromatic heterocycles. The number of aliphatic hydroxyl groups excluding tert-OH is 1. The number of aryl methyl sites for hydroxylation is 1. The van der Waals surface area contributed by atoms with Gasteiger partial charge >= 0.3 is 0 Å². The highest BCUT2D eigenvalue weighted by Gasteiger charge is 2.46. The molecule has 3 heterocycles. The Labute approximate surface area is 168 Å². The fourth-order valence-corrected chi connectivity index (χ4v) is 3.48. The van der Waals surface area contributed by atoms with Gasteiger partial charge in [-0.3, -0.25) is 19.6 Å². The summed E-state index contributed by atoms with van der Waals surface area (Å²) in [5.74, 6) is -1.55. The molecule has 1 fully saturated rings. The summed E-state index contributed by atoms with van der Waals surface area (Å²) in [6.07, 6.45) is 6.53. The van der Waals surface area contributed by atoms with Crippen molar-refractivity contribution in [3.8, 4) is 0 Å². The molecular weight excluding hydrogens is 366 g/mol. The molecule has 6 nitrogen and oxygen atoms in total.